The predicted molar refractivity (Wildman–Crippen MR) is 86.9 cm³/mol. The summed E-state index contributed by atoms with van der Waals surface area (Å²) >= 11 is 0. The Labute approximate surface area is 124 Å². The van der Waals surface area contributed by atoms with Crippen LogP contribution in [0.15, 0.2) is 24.3 Å². The lowest BCUT2D eigenvalue weighted by atomic mass is 9.89. The molecular formula is C18H30N2. The van der Waals surface area contributed by atoms with Gasteiger partial charge in [0.25, 0.3) is 0 Å². The van der Waals surface area contributed by atoms with Crippen LogP contribution in [0.2, 0.25) is 0 Å². The molecular weight excluding hydrogens is 244 g/mol. The molecule has 0 saturated carbocycles. The summed E-state index contributed by atoms with van der Waals surface area (Å²) < 4.78 is 0. The minimum Gasteiger partial charge on any atom is -0.314 e. The van der Waals surface area contributed by atoms with E-state index in [1.165, 1.54) is 50.0 Å². The third kappa shape index (κ3) is 4.32. The van der Waals surface area contributed by atoms with Crippen LogP contribution in [-0.2, 0) is 6.54 Å². The maximum Gasteiger partial charge on any atom is 0.0233 e. The molecule has 1 fully saturated rings. The number of piperidine rings is 1. The molecule has 1 aromatic carbocycles. The van der Waals surface area contributed by atoms with Crippen LogP contribution in [0.3, 0.4) is 0 Å². The van der Waals surface area contributed by atoms with Gasteiger partial charge in [0.1, 0.15) is 0 Å². The Bertz CT molecular complexity index is 402. The molecule has 20 heavy (non-hydrogen) atoms. The first-order valence-electron chi connectivity index (χ1n) is 8.24. The largest absolute Gasteiger partial charge is 0.314 e. The summed E-state index contributed by atoms with van der Waals surface area (Å²) in [7, 11) is 0. The monoisotopic (exact) mass is 274 g/mol. The SMILES string of the molecule is CCCNC1CCN(Cc2cccc(C)c2)CC1CC. The maximum atomic E-state index is 3.74. The van der Waals surface area contributed by atoms with Crippen molar-refractivity contribution in [2.45, 2.75) is 52.6 Å². The van der Waals surface area contributed by atoms with E-state index >= 15 is 0 Å². The van der Waals surface area contributed by atoms with Crippen molar-refractivity contribution < 1.29 is 0 Å². The van der Waals surface area contributed by atoms with Crippen molar-refractivity contribution in [3.05, 3.63) is 35.4 Å². The summed E-state index contributed by atoms with van der Waals surface area (Å²) in [4.78, 5) is 2.63. The molecule has 112 valence electrons. The van der Waals surface area contributed by atoms with Crippen LogP contribution in [-0.4, -0.2) is 30.6 Å². The quantitative estimate of drug-likeness (QED) is 0.853. The fourth-order valence-electron chi connectivity index (χ4n) is 3.33. The summed E-state index contributed by atoms with van der Waals surface area (Å²) in [6.07, 6.45) is 3.82. The third-order valence-electron chi connectivity index (χ3n) is 4.49. The van der Waals surface area contributed by atoms with Crippen LogP contribution in [0.1, 0.15) is 44.2 Å². The molecule has 1 N–H and O–H groups in total. The fourth-order valence-corrected chi connectivity index (χ4v) is 3.33. The van der Waals surface area contributed by atoms with E-state index in [9.17, 15) is 0 Å². The second-order valence-corrected chi connectivity index (χ2v) is 6.24. The Morgan fingerprint density at radius 2 is 2.15 bits per heavy atom. The van der Waals surface area contributed by atoms with E-state index in [2.05, 4.69) is 55.3 Å². The van der Waals surface area contributed by atoms with Gasteiger partial charge in [0, 0.05) is 19.1 Å². The zero-order valence-electron chi connectivity index (χ0n) is 13.4. The smallest absolute Gasteiger partial charge is 0.0233 e. The summed E-state index contributed by atoms with van der Waals surface area (Å²) in [6, 6.07) is 9.67. The number of nitrogens with one attached hydrogen (secondary N) is 1. The number of hydrogen-bond acceptors (Lipinski definition) is 2. The molecule has 1 heterocycles. The Morgan fingerprint density at radius 1 is 1.30 bits per heavy atom. The molecule has 0 aromatic heterocycles. The van der Waals surface area contributed by atoms with Gasteiger partial charge < -0.3 is 5.32 Å². The van der Waals surface area contributed by atoms with Gasteiger partial charge in [-0.15, -0.1) is 0 Å². The molecule has 1 aliphatic heterocycles. The molecule has 1 saturated heterocycles. The van der Waals surface area contributed by atoms with Crippen LogP contribution < -0.4 is 5.32 Å². The Kier molecular flexibility index (Phi) is 6.06. The van der Waals surface area contributed by atoms with Crippen molar-refractivity contribution in [3.63, 3.8) is 0 Å². The van der Waals surface area contributed by atoms with Gasteiger partial charge in [-0.1, -0.05) is 50.1 Å². The van der Waals surface area contributed by atoms with Crippen molar-refractivity contribution in [3.8, 4) is 0 Å². The molecule has 2 rings (SSSR count). The molecule has 2 atom stereocenters. The topological polar surface area (TPSA) is 15.3 Å². The lowest BCUT2D eigenvalue weighted by Crippen LogP contribution is -2.49. The predicted octanol–water partition coefficient (Wildman–Crippen LogP) is 3.60. The molecule has 0 amide bonds. The normalized spacial score (nSPS) is 23.9. The zero-order valence-corrected chi connectivity index (χ0v) is 13.4. The first kappa shape index (κ1) is 15.5. The highest BCUT2D eigenvalue weighted by Crippen LogP contribution is 2.22. The van der Waals surface area contributed by atoms with Gasteiger partial charge in [-0.25, -0.2) is 0 Å². The first-order chi connectivity index (χ1) is 9.72. The van der Waals surface area contributed by atoms with Crippen LogP contribution in [0, 0.1) is 12.8 Å². The van der Waals surface area contributed by atoms with E-state index in [0.29, 0.717) is 0 Å². The van der Waals surface area contributed by atoms with E-state index in [-0.39, 0.29) is 0 Å². The number of benzene rings is 1. The Balaban J connectivity index is 1.89. The van der Waals surface area contributed by atoms with E-state index in [1.807, 2.05) is 0 Å². The minimum absolute atomic E-state index is 0.730. The summed E-state index contributed by atoms with van der Waals surface area (Å²) in [5.41, 5.74) is 2.83. The van der Waals surface area contributed by atoms with Gasteiger partial charge in [-0.3, -0.25) is 4.90 Å². The van der Waals surface area contributed by atoms with E-state index in [0.717, 1.165) is 18.5 Å². The van der Waals surface area contributed by atoms with E-state index in [1.54, 1.807) is 0 Å². The molecule has 1 aliphatic rings. The number of hydrogen-bond donors (Lipinski definition) is 1. The van der Waals surface area contributed by atoms with Crippen LogP contribution in [0.25, 0.3) is 0 Å². The summed E-state index contributed by atoms with van der Waals surface area (Å²) in [5, 5.41) is 3.74. The summed E-state index contributed by atoms with van der Waals surface area (Å²) in [5.74, 6) is 0.806. The van der Waals surface area contributed by atoms with Crippen molar-refractivity contribution in [1.29, 1.82) is 0 Å². The van der Waals surface area contributed by atoms with Crippen molar-refractivity contribution in [1.82, 2.24) is 10.2 Å². The number of nitrogens with zero attached hydrogens (tertiary/aromatic N) is 1. The van der Waals surface area contributed by atoms with Crippen molar-refractivity contribution >= 4 is 0 Å². The molecule has 2 unspecified atom stereocenters. The van der Waals surface area contributed by atoms with Crippen molar-refractivity contribution in [2.75, 3.05) is 19.6 Å². The molecule has 0 aliphatic carbocycles. The van der Waals surface area contributed by atoms with Gasteiger partial charge in [0.05, 0.1) is 0 Å². The number of aryl methyl sites for hydroxylation is 1. The van der Waals surface area contributed by atoms with E-state index < -0.39 is 0 Å². The third-order valence-corrected chi connectivity index (χ3v) is 4.49. The number of likely N-dealkylation sites (tertiary alicyclic amines) is 1. The van der Waals surface area contributed by atoms with Crippen LogP contribution in [0.4, 0.5) is 0 Å². The highest BCUT2D eigenvalue weighted by Gasteiger charge is 2.27. The molecule has 2 heteroatoms. The van der Waals surface area contributed by atoms with Crippen LogP contribution in [0.5, 0.6) is 0 Å². The van der Waals surface area contributed by atoms with Crippen molar-refractivity contribution in [2.24, 2.45) is 5.92 Å². The second kappa shape index (κ2) is 7.80. The molecule has 0 bridgehead atoms. The van der Waals surface area contributed by atoms with Crippen LogP contribution >= 0.6 is 0 Å². The Hall–Kier alpha value is -0.860. The Morgan fingerprint density at radius 3 is 2.85 bits per heavy atom. The lowest BCUT2D eigenvalue weighted by molar-refractivity contribution is 0.129. The average Bonchev–Trinajstić information content (AvgIpc) is 2.46. The molecule has 1 aromatic rings. The molecule has 2 nitrogen and oxygen atoms in total. The minimum atomic E-state index is 0.730. The second-order valence-electron chi connectivity index (χ2n) is 6.24. The van der Waals surface area contributed by atoms with E-state index in [4.69, 9.17) is 0 Å². The highest BCUT2D eigenvalue weighted by atomic mass is 15.1. The van der Waals surface area contributed by atoms with Gasteiger partial charge in [0.2, 0.25) is 0 Å². The maximum absolute atomic E-state index is 3.74. The molecule has 0 spiro atoms. The first-order valence-corrected chi connectivity index (χ1v) is 8.24. The average molecular weight is 274 g/mol. The zero-order chi connectivity index (χ0) is 14.4. The summed E-state index contributed by atoms with van der Waals surface area (Å²) in [6.45, 7) is 11.5. The number of rotatable bonds is 6. The van der Waals surface area contributed by atoms with Gasteiger partial charge in [-0.2, -0.15) is 0 Å². The highest BCUT2D eigenvalue weighted by molar-refractivity contribution is 5.22. The van der Waals surface area contributed by atoms with Gasteiger partial charge >= 0.3 is 0 Å². The molecule has 0 radical (unpaired) electrons. The lowest BCUT2D eigenvalue weighted by Gasteiger charge is -2.39. The van der Waals surface area contributed by atoms with Gasteiger partial charge in [-0.05, 0) is 44.3 Å². The standard InChI is InChI=1S/C18H30N2/c1-4-10-19-18-9-11-20(14-17(18)5-2)13-16-8-6-7-15(3)12-16/h6-8,12,17-19H,4-5,9-11,13-14H2,1-3H3. The van der Waals surface area contributed by atoms with Gasteiger partial charge in [0.15, 0.2) is 0 Å². The fraction of sp³-hybridized carbons (Fsp3) is 0.667.